The predicted molar refractivity (Wildman–Crippen MR) is 91.0 cm³/mol. The maximum Gasteiger partial charge on any atom is 0.312 e. The van der Waals surface area contributed by atoms with Gasteiger partial charge < -0.3 is 34.7 Å². The van der Waals surface area contributed by atoms with Gasteiger partial charge in [-0.2, -0.15) is 0 Å². The van der Waals surface area contributed by atoms with Crippen LogP contribution >= 0.6 is 0 Å². The standard InChI is InChI=1S/C18H16N2O7/c1-9(21)27-13-6-16-15(25-8-26-16)5-11(13)17(20-18(19)22)10-2-3-12-14(4-10)24-7-23-12/h2-6,17H,7-8H2,1H3,(H3,19,20,22). The minimum Gasteiger partial charge on any atom is -0.454 e. The van der Waals surface area contributed by atoms with E-state index in [-0.39, 0.29) is 19.3 Å². The molecule has 2 aromatic carbocycles. The number of carbonyl (C=O) groups excluding carboxylic acids is 2. The molecule has 2 aromatic rings. The first-order valence-electron chi connectivity index (χ1n) is 8.09. The molecule has 9 nitrogen and oxygen atoms in total. The monoisotopic (exact) mass is 372 g/mol. The third kappa shape index (κ3) is 3.26. The Morgan fingerprint density at radius 3 is 2.30 bits per heavy atom. The molecule has 0 saturated carbocycles. The van der Waals surface area contributed by atoms with Crippen LogP contribution in [0.15, 0.2) is 30.3 Å². The molecular formula is C18H16N2O7. The lowest BCUT2D eigenvalue weighted by atomic mass is 9.96. The van der Waals surface area contributed by atoms with Gasteiger partial charge in [0.2, 0.25) is 13.6 Å². The fourth-order valence-electron chi connectivity index (χ4n) is 2.98. The second-order valence-corrected chi connectivity index (χ2v) is 5.89. The maximum atomic E-state index is 11.6. The van der Waals surface area contributed by atoms with Gasteiger partial charge in [0.05, 0.1) is 6.04 Å². The number of amides is 2. The van der Waals surface area contributed by atoms with Gasteiger partial charge in [-0.05, 0) is 23.8 Å². The van der Waals surface area contributed by atoms with E-state index in [4.69, 9.17) is 29.4 Å². The highest BCUT2D eigenvalue weighted by Crippen LogP contribution is 2.43. The van der Waals surface area contributed by atoms with Gasteiger partial charge in [-0.25, -0.2) is 4.79 Å². The largest absolute Gasteiger partial charge is 0.454 e. The highest BCUT2D eigenvalue weighted by Gasteiger charge is 2.27. The van der Waals surface area contributed by atoms with E-state index >= 15 is 0 Å². The molecule has 0 fully saturated rings. The number of carbonyl (C=O) groups is 2. The fourth-order valence-corrected chi connectivity index (χ4v) is 2.98. The molecule has 3 N–H and O–H groups in total. The normalized spacial score (nSPS) is 14.6. The van der Waals surface area contributed by atoms with E-state index in [9.17, 15) is 9.59 Å². The quantitative estimate of drug-likeness (QED) is 0.621. The molecule has 2 aliphatic rings. The molecule has 9 heteroatoms. The molecular weight excluding hydrogens is 356 g/mol. The highest BCUT2D eigenvalue weighted by molar-refractivity contribution is 5.75. The lowest BCUT2D eigenvalue weighted by molar-refractivity contribution is -0.131. The van der Waals surface area contributed by atoms with Crippen LogP contribution in [-0.4, -0.2) is 25.6 Å². The maximum absolute atomic E-state index is 11.6. The van der Waals surface area contributed by atoms with Crippen molar-refractivity contribution < 1.29 is 33.3 Å². The van der Waals surface area contributed by atoms with Gasteiger partial charge >= 0.3 is 12.0 Å². The van der Waals surface area contributed by atoms with Crippen molar-refractivity contribution in [3.63, 3.8) is 0 Å². The molecule has 2 heterocycles. The Morgan fingerprint density at radius 2 is 1.63 bits per heavy atom. The van der Waals surface area contributed by atoms with E-state index in [1.54, 1.807) is 30.3 Å². The number of nitrogens with one attached hydrogen (secondary N) is 1. The van der Waals surface area contributed by atoms with E-state index in [2.05, 4.69) is 5.32 Å². The van der Waals surface area contributed by atoms with Crippen LogP contribution in [0.3, 0.4) is 0 Å². The smallest absolute Gasteiger partial charge is 0.312 e. The van der Waals surface area contributed by atoms with Gasteiger partial charge in [0.25, 0.3) is 0 Å². The van der Waals surface area contributed by atoms with Crippen molar-refractivity contribution in [2.75, 3.05) is 13.6 Å². The van der Waals surface area contributed by atoms with Crippen LogP contribution in [0, 0.1) is 0 Å². The average molecular weight is 372 g/mol. The molecule has 0 radical (unpaired) electrons. The van der Waals surface area contributed by atoms with Crippen LogP contribution < -0.4 is 34.7 Å². The molecule has 1 unspecified atom stereocenters. The molecule has 27 heavy (non-hydrogen) atoms. The summed E-state index contributed by atoms with van der Waals surface area (Å²) < 4.78 is 26.8. The summed E-state index contributed by atoms with van der Waals surface area (Å²) in [4.78, 5) is 23.2. The number of rotatable bonds is 4. The number of nitrogens with two attached hydrogens (primary N) is 1. The zero-order valence-corrected chi connectivity index (χ0v) is 14.3. The molecule has 0 saturated heterocycles. The number of esters is 1. The highest BCUT2D eigenvalue weighted by atomic mass is 16.7. The summed E-state index contributed by atoms with van der Waals surface area (Å²) in [7, 11) is 0. The minimum absolute atomic E-state index is 0.0518. The van der Waals surface area contributed by atoms with Crippen molar-refractivity contribution >= 4 is 12.0 Å². The van der Waals surface area contributed by atoms with Crippen LogP contribution in [0.25, 0.3) is 0 Å². The Bertz CT molecular complexity index is 928. The molecule has 140 valence electrons. The molecule has 1 atom stereocenters. The first kappa shape index (κ1) is 16.8. The summed E-state index contributed by atoms with van der Waals surface area (Å²) >= 11 is 0. The van der Waals surface area contributed by atoms with Gasteiger partial charge in [-0.1, -0.05) is 6.07 Å². The Balaban J connectivity index is 1.82. The van der Waals surface area contributed by atoms with Crippen molar-refractivity contribution in [1.29, 1.82) is 0 Å². The lowest BCUT2D eigenvalue weighted by Gasteiger charge is -2.21. The van der Waals surface area contributed by atoms with Crippen molar-refractivity contribution in [3.05, 3.63) is 41.5 Å². The first-order valence-corrected chi connectivity index (χ1v) is 8.09. The zero-order valence-electron chi connectivity index (χ0n) is 14.3. The molecule has 0 spiro atoms. The van der Waals surface area contributed by atoms with Crippen LogP contribution in [0.2, 0.25) is 0 Å². The summed E-state index contributed by atoms with van der Waals surface area (Å²) in [5.41, 5.74) is 6.51. The molecule has 4 rings (SSSR count). The van der Waals surface area contributed by atoms with E-state index in [0.29, 0.717) is 34.1 Å². The van der Waals surface area contributed by atoms with E-state index < -0.39 is 18.0 Å². The number of hydrogen-bond acceptors (Lipinski definition) is 7. The third-order valence-electron chi connectivity index (χ3n) is 4.09. The number of hydrogen-bond donors (Lipinski definition) is 2. The van der Waals surface area contributed by atoms with Crippen molar-refractivity contribution in [1.82, 2.24) is 5.32 Å². The molecule has 2 amide bonds. The molecule has 0 aromatic heterocycles. The van der Waals surface area contributed by atoms with Crippen molar-refractivity contribution in [3.8, 4) is 28.7 Å². The van der Waals surface area contributed by atoms with Gasteiger partial charge in [-0.3, -0.25) is 4.79 Å². The Labute approximate surface area is 153 Å². The Morgan fingerprint density at radius 1 is 1.00 bits per heavy atom. The van der Waals surface area contributed by atoms with Crippen LogP contribution in [0.5, 0.6) is 28.7 Å². The molecule has 0 bridgehead atoms. The van der Waals surface area contributed by atoms with E-state index in [1.807, 2.05) is 0 Å². The summed E-state index contributed by atoms with van der Waals surface area (Å²) in [6, 6.07) is 6.94. The fraction of sp³-hybridized carbons (Fsp3) is 0.222. The predicted octanol–water partition coefficient (Wildman–Crippen LogP) is 1.83. The third-order valence-corrected chi connectivity index (χ3v) is 4.09. The van der Waals surface area contributed by atoms with Gasteiger partial charge in [0, 0.05) is 18.6 Å². The number of urea groups is 1. The minimum atomic E-state index is -0.746. The topological polar surface area (TPSA) is 118 Å². The Hall–Kier alpha value is -3.62. The SMILES string of the molecule is CC(=O)Oc1cc2c(cc1C(NC(N)=O)c1ccc3c(c1)OCO3)OCO2. The first-order chi connectivity index (χ1) is 13.0. The summed E-state index contributed by atoms with van der Waals surface area (Å²) in [5, 5.41) is 2.66. The Kier molecular flexibility index (Phi) is 4.11. The van der Waals surface area contributed by atoms with Crippen LogP contribution in [0.1, 0.15) is 24.1 Å². The van der Waals surface area contributed by atoms with E-state index in [0.717, 1.165) is 0 Å². The van der Waals surface area contributed by atoms with Crippen LogP contribution in [0.4, 0.5) is 4.79 Å². The summed E-state index contributed by atoms with van der Waals surface area (Å²) in [6.07, 6.45) is 0. The summed E-state index contributed by atoms with van der Waals surface area (Å²) in [6.45, 7) is 1.46. The number of fused-ring (bicyclic) bond motifs is 2. The van der Waals surface area contributed by atoms with Crippen LogP contribution in [-0.2, 0) is 4.79 Å². The zero-order chi connectivity index (χ0) is 19.0. The van der Waals surface area contributed by atoms with Gasteiger partial charge in [0.15, 0.2) is 23.0 Å². The summed E-state index contributed by atoms with van der Waals surface area (Å²) in [5.74, 6) is 1.76. The average Bonchev–Trinajstić information content (AvgIpc) is 3.26. The molecule has 0 aliphatic carbocycles. The van der Waals surface area contributed by atoms with Crippen molar-refractivity contribution in [2.24, 2.45) is 5.73 Å². The molecule has 2 aliphatic heterocycles. The van der Waals surface area contributed by atoms with Gasteiger partial charge in [0.1, 0.15) is 5.75 Å². The lowest BCUT2D eigenvalue weighted by Crippen LogP contribution is -2.34. The van der Waals surface area contributed by atoms with Gasteiger partial charge in [-0.15, -0.1) is 0 Å². The number of primary amides is 1. The second-order valence-electron chi connectivity index (χ2n) is 5.89. The number of benzene rings is 2. The second kappa shape index (κ2) is 6.60. The van der Waals surface area contributed by atoms with E-state index in [1.165, 1.54) is 6.92 Å². The van der Waals surface area contributed by atoms with Crippen molar-refractivity contribution in [2.45, 2.75) is 13.0 Å². The number of ether oxygens (including phenoxy) is 5.